The average Bonchev–Trinajstić information content (AvgIpc) is 2.34. The molecular weight excluding hydrogens is 284 g/mol. The standard InChI is InChI=1S/C16H32N2O2S/c1-12(9-10-21-5)17-13-7-6-8-14(11-13)18-15(19)20-16(2,3)4/h12-14,17H,6-11H2,1-5H3,(H,18,19). The van der Waals surface area contributed by atoms with Crippen molar-refractivity contribution in [2.75, 3.05) is 12.0 Å². The first-order valence-corrected chi connectivity index (χ1v) is 9.44. The lowest BCUT2D eigenvalue weighted by molar-refractivity contribution is 0.0488. The molecule has 0 aromatic rings. The molecule has 1 rings (SSSR count). The number of amides is 1. The zero-order valence-corrected chi connectivity index (χ0v) is 15.0. The number of ether oxygens (including phenoxy) is 1. The van der Waals surface area contributed by atoms with Gasteiger partial charge in [-0.1, -0.05) is 0 Å². The summed E-state index contributed by atoms with van der Waals surface area (Å²) >= 11 is 1.89. The van der Waals surface area contributed by atoms with E-state index < -0.39 is 5.60 Å². The Morgan fingerprint density at radius 1 is 1.33 bits per heavy atom. The van der Waals surface area contributed by atoms with E-state index in [1.807, 2.05) is 32.5 Å². The molecule has 1 fully saturated rings. The minimum Gasteiger partial charge on any atom is -0.444 e. The maximum Gasteiger partial charge on any atom is 0.407 e. The van der Waals surface area contributed by atoms with E-state index in [1.54, 1.807) is 0 Å². The molecule has 0 heterocycles. The molecule has 3 atom stereocenters. The molecule has 1 saturated carbocycles. The Hall–Kier alpha value is -0.420. The normalized spacial score (nSPS) is 24.4. The van der Waals surface area contributed by atoms with E-state index in [2.05, 4.69) is 23.8 Å². The highest BCUT2D eigenvalue weighted by Gasteiger charge is 2.25. The maximum atomic E-state index is 11.8. The fourth-order valence-electron chi connectivity index (χ4n) is 2.73. The highest BCUT2D eigenvalue weighted by molar-refractivity contribution is 7.98. The summed E-state index contributed by atoms with van der Waals surface area (Å²) in [4.78, 5) is 11.8. The van der Waals surface area contributed by atoms with Crippen LogP contribution in [0.15, 0.2) is 0 Å². The van der Waals surface area contributed by atoms with Crippen LogP contribution in [0, 0.1) is 0 Å². The Bertz CT molecular complexity index is 318. The number of hydrogen-bond acceptors (Lipinski definition) is 4. The zero-order valence-electron chi connectivity index (χ0n) is 14.2. The van der Waals surface area contributed by atoms with E-state index in [9.17, 15) is 4.79 Å². The third-order valence-electron chi connectivity index (χ3n) is 3.67. The van der Waals surface area contributed by atoms with E-state index in [1.165, 1.54) is 18.6 Å². The van der Waals surface area contributed by atoms with Crippen molar-refractivity contribution in [1.29, 1.82) is 0 Å². The molecule has 0 spiro atoms. The van der Waals surface area contributed by atoms with Crippen molar-refractivity contribution in [3.63, 3.8) is 0 Å². The lowest BCUT2D eigenvalue weighted by Gasteiger charge is -2.32. The quantitative estimate of drug-likeness (QED) is 0.787. The lowest BCUT2D eigenvalue weighted by Crippen LogP contribution is -2.47. The topological polar surface area (TPSA) is 50.4 Å². The van der Waals surface area contributed by atoms with Gasteiger partial charge >= 0.3 is 6.09 Å². The van der Waals surface area contributed by atoms with Crippen LogP contribution >= 0.6 is 11.8 Å². The number of nitrogens with one attached hydrogen (secondary N) is 2. The highest BCUT2D eigenvalue weighted by Crippen LogP contribution is 2.20. The van der Waals surface area contributed by atoms with Crippen LogP contribution in [0.3, 0.4) is 0 Å². The van der Waals surface area contributed by atoms with Crippen LogP contribution in [0.5, 0.6) is 0 Å². The molecule has 2 N–H and O–H groups in total. The number of rotatable bonds is 6. The van der Waals surface area contributed by atoms with Gasteiger partial charge in [-0.3, -0.25) is 0 Å². The summed E-state index contributed by atoms with van der Waals surface area (Å²) in [6.07, 6.45) is 7.47. The fraction of sp³-hybridized carbons (Fsp3) is 0.938. The number of carbonyl (C=O) groups is 1. The van der Waals surface area contributed by atoms with Crippen LogP contribution in [0.2, 0.25) is 0 Å². The van der Waals surface area contributed by atoms with E-state index >= 15 is 0 Å². The molecule has 0 aromatic carbocycles. The summed E-state index contributed by atoms with van der Waals surface area (Å²) in [7, 11) is 0. The summed E-state index contributed by atoms with van der Waals surface area (Å²) < 4.78 is 5.34. The minimum atomic E-state index is -0.428. The molecule has 1 amide bonds. The second-order valence-corrected chi connectivity index (χ2v) is 8.04. The Morgan fingerprint density at radius 2 is 2.00 bits per heavy atom. The van der Waals surface area contributed by atoms with Crippen molar-refractivity contribution in [1.82, 2.24) is 10.6 Å². The van der Waals surface area contributed by atoms with Crippen LogP contribution in [0.25, 0.3) is 0 Å². The molecule has 4 nitrogen and oxygen atoms in total. The lowest BCUT2D eigenvalue weighted by atomic mass is 9.90. The van der Waals surface area contributed by atoms with Gasteiger partial charge in [-0.2, -0.15) is 11.8 Å². The average molecular weight is 317 g/mol. The number of carbonyl (C=O) groups excluding carboxylic acids is 1. The van der Waals surface area contributed by atoms with E-state index in [-0.39, 0.29) is 12.1 Å². The molecule has 0 aromatic heterocycles. The number of alkyl carbamates (subject to hydrolysis) is 1. The van der Waals surface area contributed by atoms with Crippen LogP contribution < -0.4 is 10.6 Å². The molecule has 5 heteroatoms. The van der Waals surface area contributed by atoms with Gasteiger partial charge in [0.2, 0.25) is 0 Å². The third-order valence-corrected chi connectivity index (χ3v) is 4.31. The van der Waals surface area contributed by atoms with Gasteiger partial charge in [0.15, 0.2) is 0 Å². The van der Waals surface area contributed by atoms with Gasteiger partial charge in [0, 0.05) is 18.1 Å². The first kappa shape index (κ1) is 18.6. The summed E-state index contributed by atoms with van der Waals surface area (Å²) in [6.45, 7) is 7.93. The molecular formula is C16H32N2O2S. The predicted molar refractivity (Wildman–Crippen MR) is 91.0 cm³/mol. The fourth-order valence-corrected chi connectivity index (χ4v) is 3.32. The smallest absolute Gasteiger partial charge is 0.407 e. The summed E-state index contributed by atoms with van der Waals surface area (Å²) in [5.74, 6) is 1.19. The van der Waals surface area contributed by atoms with Gasteiger partial charge in [0.25, 0.3) is 0 Å². The number of hydrogen-bond donors (Lipinski definition) is 2. The summed E-state index contributed by atoms with van der Waals surface area (Å²) in [5, 5.41) is 6.72. The van der Waals surface area contributed by atoms with Crippen molar-refractivity contribution in [2.24, 2.45) is 0 Å². The maximum absolute atomic E-state index is 11.8. The van der Waals surface area contributed by atoms with Gasteiger partial charge in [-0.25, -0.2) is 4.79 Å². The largest absolute Gasteiger partial charge is 0.444 e. The monoisotopic (exact) mass is 316 g/mol. The van der Waals surface area contributed by atoms with Gasteiger partial charge in [-0.05, 0) is 71.8 Å². The van der Waals surface area contributed by atoms with Gasteiger partial charge < -0.3 is 15.4 Å². The molecule has 124 valence electrons. The van der Waals surface area contributed by atoms with E-state index in [0.29, 0.717) is 12.1 Å². The van der Waals surface area contributed by atoms with E-state index in [0.717, 1.165) is 19.3 Å². The molecule has 0 radical (unpaired) electrons. The van der Waals surface area contributed by atoms with Crippen molar-refractivity contribution < 1.29 is 9.53 Å². The Kier molecular flexibility index (Phi) is 7.88. The van der Waals surface area contributed by atoms with Crippen molar-refractivity contribution in [3.05, 3.63) is 0 Å². The first-order valence-electron chi connectivity index (χ1n) is 8.04. The van der Waals surface area contributed by atoms with Crippen LogP contribution in [0.1, 0.15) is 59.8 Å². The van der Waals surface area contributed by atoms with Gasteiger partial charge in [-0.15, -0.1) is 0 Å². The van der Waals surface area contributed by atoms with Crippen molar-refractivity contribution >= 4 is 17.9 Å². The van der Waals surface area contributed by atoms with Crippen LogP contribution in [0.4, 0.5) is 4.79 Å². The first-order chi connectivity index (χ1) is 9.80. The van der Waals surface area contributed by atoms with Gasteiger partial charge in [0.1, 0.15) is 5.60 Å². The molecule has 1 aliphatic carbocycles. The van der Waals surface area contributed by atoms with Crippen molar-refractivity contribution in [2.45, 2.75) is 83.5 Å². The second-order valence-electron chi connectivity index (χ2n) is 7.06. The molecule has 3 unspecified atom stereocenters. The molecule has 1 aliphatic rings. The zero-order chi connectivity index (χ0) is 15.9. The molecule has 0 bridgehead atoms. The SMILES string of the molecule is CSCCC(C)NC1CCCC(NC(=O)OC(C)(C)C)C1. The third kappa shape index (κ3) is 8.57. The predicted octanol–water partition coefficient (Wildman–Crippen LogP) is 3.55. The molecule has 0 saturated heterocycles. The Morgan fingerprint density at radius 3 is 2.62 bits per heavy atom. The second kappa shape index (κ2) is 8.89. The van der Waals surface area contributed by atoms with Gasteiger partial charge in [0.05, 0.1) is 0 Å². The molecule has 0 aliphatic heterocycles. The highest BCUT2D eigenvalue weighted by atomic mass is 32.2. The Balaban J connectivity index is 2.33. The van der Waals surface area contributed by atoms with Crippen LogP contribution in [-0.2, 0) is 4.74 Å². The number of thioether (sulfide) groups is 1. The van der Waals surface area contributed by atoms with Crippen molar-refractivity contribution in [3.8, 4) is 0 Å². The summed E-state index contributed by atoms with van der Waals surface area (Å²) in [6, 6.07) is 1.29. The molecule has 21 heavy (non-hydrogen) atoms. The minimum absolute atomic E-state index is 0.235. The van der Waals surface area contributed by atoms with E-state index in [4.69, 9.17) is 4.74 Å². The Labute approximate surface area is 134 Å². The van der Waals surface area contributed by atoms with Crippen LogP contribution in [-0.4, -0.2) is 41.8 Å². The summed E-state index contributed by atoms with van der Waals surface area (Å²) in [5.41, 5.74) is -0.428.